The Kier molecular flexibility index (Phi) is 3.52. The van der Waals surface area contributed by atoms with Gasteiger partial charge in [-0.3, -0.25) is 4.79 Å². The molecule has 0 atom stereocenters. The van der Waals surface area contributed by atoms with Gasteiger partial charge in [-0.25, -0.2) is 0 Å². The zero-order chi connectivity index (χ0) is 11.6. The van der Waals surface area contributed by atoms with Crippen LogP contribution in [-0.4, -0.2) is 23.4 Å². The second-order valence-corrected chi connectivity index (χ2v) is 5.77. The molecule has 0 fully saturated rings. The number of carbonyl (C=O) groups excluding carboxylic acids is 1. The van der Waals surface area contributed by atoms with Crippen molar-refractivity contribution in [3.63, 3.8) is 0 Å². The van der Waals surface area contributed by atoms with Gasteiger partial charge in [-0.1, -0.05) is 0 Å². The van der Waals surface area contributed by atoms with Crippen LogP contribution >= 0.6 is 11.3 Å². The molecule has 1 heterocycles. The summed E-state index contributed by atoms with van der Waals surface area (Å²) in [6.07, 6.45) is 0. The quantitative estimate of drug-likeness (QED) is 0.853. The molecule has 2 N–H and O–H groups in total. The van der Waals surface area contributed by atoms with Crippen LogP contribution in [0.4, 0.5) is 0 Å². The number of likely N-dealkylation sites (N-methyl/N-ethyl adjacent to an activating group) is 1. The van der Waals surface area contributed by atoms with Gasteiger partial charge in [0.2, 0.25) is 5.91 Å². The van der Waals surface area contributed by atoms with Crippen molar-refractivity contribution < 1.29 is 4.79 Å². The van der Waals surface area contributed by atoms with Crippen LogP contribution in [0.2, 0.25) is 0 Å². The summed E-state index contributed by atoms with van der Waals surface area (Å²) < 4.78 is 0. The van der Waals surface area contributed by atoms with Crippen LogP contribution in [0.25, 0.3) is 0 Å². The summed E-state index contributed by atoms with van der Waals surface area (Å²) >= 11 is 1.71. The molecular weight excluding hydrogens is 208 g/mol. The lowest BCUT2D eigenvalue weighted by Gasteiger charge is -2.25. The monoisotopic (exact) mass is 226 g/mol. The molecule has 3 nitrogen and oxygen atoms in total. The van der Waals surface area contributed by atoms with E-state index in [0.717, 1.165) is 0 Å². The molecular formula is C11H18N2OS. The van der Waals surface area contributed by atoms with E-state index in [2.05, 4.69) is 13.0 Å². The van der Waals surface area contributed by atoms with Crippen LogP contribution in [0.1, 0.15) is 23.6 Å². The minimum absolute atomic E-state index is 0.0337. The van der Waals surface area contributed by atoms with E-state index in [1.54, 1.807) is 37.1 Å². The first-order valence-electron chi connectivity index (χ1n) is 4.90. The molecule has 4 heteroatoms. The highest BCUT2D eigenvalue weighted by atomic mass is 32.1. The molecule has 15 heavy (non-hydrogen) atoms. The predicted octanol–water partition coefficient (Wildman–Crippen LogP) is 1.75. The molecule has 0 aliphatic heterocycles. The first kappa shape index (κ1) is 12.2. The van der Waals surface area contributed by atoms with Gasteiger partial charge in [0.15, 0.2) is 0 Å². The summed E-state index contributed by atoms with van der Waals surface area (Å²) in [6, 6.07) is 4.11. The third-order valence-corrected chi connectivity index (χ3v) is 3.07. The van der Waals surface area contributed by atoms with Gasteiger partial charge in [0.25, 0.3) is 0 Å². The number of thiophene rings is 1. The van der Waals surface area contributed by atoms with Crippen LogP contribution in [-0.2, 0) is 11.3 Å². The average Bonchev–Trinajstić information content (AvgIpc) is 2.48. The van der Waals surface area contributed by atoms with E-state index in [9.17, 15) is 4.79 Å². The molecule has 0 bridgehead atoms. The van der Waals surface area contributed by atoms with Gasteiger partial charge in [-0.2, -0.15) is 0 Å². The number of nitrogens with two attached hydrogens (primary N) is 1. The van der Waals surface area contributed by atoms with Crippen LogP contribution in [0.3, 0.4) is 0 Å². The van der Waals surface area contributed by atoms with Gasteiger partial charge in [-0.05, 0) is 32.9 Å². The lowest BCUT2D eigenvalue weighted by Crippen LogP contribution is -2.49. The third-order valence-electron chi connectivity index (χ3n) is 2.09. The smallest absolute Gasteiger partial charge is 0.242 e. The zero-order valence-corrected chi connectivity index (χ0v) is 10.5. The van der Waals surface area contributed by atoms with Gasteiger partial charge in [0, 0.05) is 16.8 Å². The topological polar surface area (TPSA) is 46.3 Å². The molecule has 1 aromatic rings. The Balaban J connectivity index is 2.64. The molecule has 0 radical (unpaired) electrons. The standard InChI is InChI=1S/C11H18N2OS/c1-8-5-6-9(15-8)7-13(4)10(14)11(2,3)12/h5-6H,7,12H2,1-4H3. The fourth-order valence-corrected chi connectivity index (χ4v) is 2.31. The minimum Gasteiger partial charge on any atom is -0.339 e. The van der Waals surface area contributed by atoms with Crippen molar-refractivity contribution in [1.29, 1.82) is 0 Å². The summed E-state index contributed by atoms with van der Waals surface area (Å²) in [7, 11) is 1.78. The second kappa shape index (κ2) is 4.33. The molecule has 0 aliphatic carbocycles. The maximum atomic E-state index is 11.8. The largest absolute Gasteiger partial charge is 0.339 e. The number of nitrogens with zero attached hydrogens (tertiary/aromatic N) is 1. The second-order valence-electron chi connectivity index (χ2n) is 4.40. The summed E-state index contributed by atoms with van der Waals surface area (Å²) in [4.78, 5) is 15.9. The molecule has 84 valence electrons. The molecule has 0 aliphatic rings. The zero-order valence-electron chi connectivity index (χ0n) is 9.70. The van der Waals surface area contributed by atoms with E-state index in [1.807, 2.05) is 6.07 Å². The molecule has 0 spiro atoms. The summed E-state index contributed by atoms with van der Waals surface area (Å²) in [5, 5.41) is 0. The average molecular weight is 226 g/mol. The van der Waals surface area contributed by atoms with Crippen LogP contribution in [0.15, 0.2) is 12.1 Å². The number of carbonyl (C=O) groups is 1. The number of hydrogen-bond acceptors (Lipinski definition) is 3. The highest BCUT2D eigenvalue weighted by molar-refractivity contribution is 7.11. The Morgan fingerprint density at radius 2 is 2.13 bits per heavy atom. The van der Waals surface area contributed by atoms with Gasteiger partial charge in [-0.15, -0.1) is 11.3 Å². The van der Waals surface area contributed by atoms with Crippen molar-refractivity contribution in [2.45, 2.75) is 32.9 Å². The number of amides is 1. The lowest BCUT2D eigenvalue weighted by atomic mass is 10.1. The first-order chi connectivity index (χ1) is 6.80. The van der Waals surface area contributed by atoms with Gasteiger partial charge in [0.1, 0.15) is 0 Å². The maximum absolute atomic E-state index is 11.8. The molecule has 0 unspecified atom stereocenters. The van der Waals surface area contributed by atoms with E-state index in [1.165, 1.54) is 9.75 Å². The Labute approximate surface area is 94.9 Å². The van der Waals surface area contributed by atoms with Gasteiger partial charge < -0.3 is 10.6 Å². The molecule has 1 amide bonds. The number of rotatable bonds is 3. The first-order valence-corrected chi connectivity index (χ1v) is 5.72. The number of hydrogen-bond donors (Lipinski definition) is 1. The Morgan fingerprint density at radius 3 is 2.53 bits per heavy atom. The Bertz CT molecular complexity index is 352. The fourth-order valence-electron chi connectivity index (χ4n) is 1.37. The minimum atomic E-state index is -0.791. The summed E-state index contributed by atoms with van der Waals surface area (Å²) in [5.41, 5.74) is 4.96. The summed E-state index contributed by atoms with van der Waals surface area (Å²) in [5.74, 6) is -0.0337. The molecule has 0 saturated heterocycles. The van der Waals surface area contributed by atoms with Crippen molar-refractivity contribution in [3.8, 4) is 0 Å². The fraction of sp³-hybridized carbons (Fsp3) is 0.545. The summed E-state index contributed by atoms with van der Waals surface area (Å²) in [6.45, 7) is 6.15. The van der Waals surface area contributed by atoms with Crippen molar-refractivity contribution in [1.82, 2.24) is 4.90 Å². The predicted molar refractivity (Wildman–Crippen MR) is 63.8 cm³/mol. The van der Waals surface area contributed by atoms with Gasteiger partial charge >= 0.3 is 0 Å². The van der Waals surface area contributed by atoms with Gasteiger partial charge in [0.05, 0.1) is 12.1 Å². The lowest BCUT2D eigenvalue weighted by molar-refractivity contribution is -0.134. The van der Waals surface area contributed by atoms with E-state index in [4.69, 9.17) is 5.73 Å². The van der Waals surface area contributed by atoms with Crippen molar-refractivity contribution >= 4 is 17.2 Å². The SMILES string of the molecule is Cc1ccc(CN(C)C(=O)C(C)(C)N)s1. The maximum Gasteiger partial charge on any atom is 0.242 e. The van der Waals surface area contributed by atoms with Crippen molar-refractivity contribution in [2.24, 2.45) is 5.73 Å². The molecule has 0 aromatic carbocycles. The molecule has 1 rings (SSSR count). The van der Waals surface area contributed by atoms with Crippen LogP contribution in [0, 0.1) is 6.92 Å². The highest BCUT2D eigenvalue weighted by Gasteiger charge is 2.25. The van der Waals surface area contributed by atoms with E-state index in [-0.39, 0.29) is 5.91 Å². The number of aryl methyl sites for hydroxylation is 1. The highest BCUT2D eigenvalue weighted by Crippen LogP contribution is 2.17. The van der Waals surface area contributed by atoms with Crippen LogP contribution < -0.4 is 5.73 Å². The molecule has 1 aromatic heterocycles. The van der Waals surface area contributed by atoms with Crippen molar-refractivity contribution in [2.75, 3.05) is 7.05 Å². The van der Waals surface area contributed by atoms with Crippen molar-refractivity contribution in [3.05, 3.63) is 21.9 Å². The van der Waals surface area contributed by atoms with Crippen LogP contribution in [0.5, 0.6) is 0 Å². The van der Waals surface area contributed by atoms with E-state index < -0.39 is 5.54 Å². The Hall–Kier alpha value is -0.870. The Morgan fingerprint density at radius 1 is 1.53 bits per heavy atom. The third kappa shape index (κ3) is 3.32. The van der Waals surface area contributed by atoms with E-state index >= 15 is 0 Å². The van der Waals surface area contributed by atoms with E-state index in [0.29, 0.717) is 6.54 Å². The molecule has 0 saturated carbocycles. The normalized spacial score (nSPS) is 11.5.